The molecule has 1 unspecified atom stereocenters. The van der Waals surface area contributed by atoms with E-state index in [1.54, 1.807) is 0 Å². The summed E-state index contributed by atoms with van der Waals surface area (Å²) >= 11 is 0. The molecule has 188 valence electrons. The molecule has 0 spiro atoms. The Morgan fingerprint density at radius 1 is 1.17 bits per heavy atom. The lowest BCUT2D eigenvalue weighted by Gasteiger charge is -2.18. The highest BCUT2D eigenvalue weighted by molar-refractivity contribution is 5.99. The number of carbonyl (C=O) groups excluding carboxylic acids is 1. The Labute approximate surface area is 212 Å². The van der Waals surface area contributed by atoms with Gasteiger partial charge in [-0.3, -0.25) is 14.4 Å². The summed E-state index contributed by atoms with van der Waals surface area (Å²) in [7, 11) is 4.03. The fourth-order valence-electron chi connectivity index (χ4n) is 5.11. The predicted octanol–water partition coefficient (Wildman–Crippen LogP) is 4.61. The standard InChI is InChI=1S/C29H35N5O2/c1-20(36-24-8-6-7-21(13-24)17-33(2)18-22-16-31-34(3)19-22)15-30-29(35)23-11-12-28-26(14-23)25-9-4-5-10-27(25)32-28/h6-8,11-14,16,19-20,32H,4-5,9-10,15,17-18H2,1-3H3,(H,30,35). The average Bonchev–Trinajstić information content (AvgIpc) is 3.44. The van der Waals surface area contributed by atoms with Gasteiger partial charge in [-0.15, -0.1) is 0 Å². The van der Waals surface area contributed by atoms with Gasteiger partial charge in [-0.05, 0) is 81.1 Å². The minimum absolute atomic E-state index is 0.0658. The van der Waals surface area contributed by atoms with Gasteiger partial charge in [0.25, 0.3) is 5.91 Å². The molecule has 0 radical (unpaired) electrons. The molecule has 0 bridgehead atoms. The third-order valence-electron chi connectivity index (χ3n) is 6.81. The zero-order valence-corrected chi connectivity index (χ0v) is 21.4. The molecule has 4 aromatic rings. The van der Waals surface area contributed by atoms with E-state index >= 15 is 0 Å². The molecule has 7 nitrogen and oxygen atoms in total. The van der Waals surface area contributed by atoms with Crippen molar-refractivity contribution < 1.29 is 9.53 Å². The Morgan fingerprint density at radius 3 is 2.83 bits per heavy atom. The molecule has 7 heteroatoms. The number of nitrogens with zero attached hydrogens (tertiary/aromatic N) is 3. The highest BCUT2D eigenvalue weighted by atomic mass is 16.5. The molecule has 2 N–H and O–H groups in total. The van der Waals surface area contributed by atoms with Crippen molar-refractivity contribution in [1.82, 2.24) is 25.0 Å². The summed E-state index contributed by atoms with van der Waals surface area (Å²) in [6.07, 6.45) is 8.42. The smallest absolute Gasteiger partial charge is 0.251 e. The second kappa shape index (κ2) is 10.6. The maximum absolute atomic E-state index is 12.9. The quantitative estimate of drug-likeness (QED) is 0.363. The van der Waals surface area contributed by atoms with E-state index in [1.807, 2.05) is 61.4 Å². The minimum Gasteiger partial charge on any atom is -0.489 e. The van der Waals surface area contributed by atoms with Gasteiger partial charge in [-0.1, -0.05) is 12.1 Å². The summed E-state index contributed by atoms with van der Waals surface area (Å²) in [6, 6.07) is 14.1. The van der Waals surface area contributed by atoms with E-state index in [9.17, 15) is 4.79 Å². The molecule has 2 heterocycles. The normalized spacial score (nSPS) is 14.1. The van der Waals surface area contributed by atoms with E-state index in [0.717, 1.165) is 37.2 Å². The van der Waals surface area contributed by atoms with Crippen LogP contribution >= 0.6 is 0 Å². The third kappa shape index (κ3) is 5.62. The highest BCUT2D eigenvalue weighted by Crippen LogP contribution is 2.29. The maximum Gasteiger partial charge on any atom is 0.251 e. The van der Waals surface area contributed by atoms with Crippen LogP contribution in [0.3, 0.4) is 0 Å². The van der Waals surface area contributed by atoms with Crippen LogP contribution in [0, 0.1) is 0 Å². The topological polar surface area (TPSA) is 75.2 Å². The van der Waals surface area contributed by atoms with Gasteiger partial charge in [-0.2, -0.15) is 5.10 Å². The van der Waals surface area contributed by atoms with Crippen molar-refractivity contribution in [1.29, 1.82) is 0 Å². The number of nitrogens with one attached hydrogen (secondary N) is 2. The molecule has 1 aliphatic rings. The van der Waals surface area contributed by atoms with Crippen LogP contribution in [0.15, 0.2) is 54.9 Å². The van der Waals surface area contributed by atoms with Crippen LogP contribution in [0.4, 0.5) is 0 Å². The summed E-state index contributed by atoms with van der Waals surface area (Å²) < 4.78 is 7.95. The van der Waals surface area contributed by atoms with Gasteiger partial charge in [-0.25, -0.2) is 0 Å². The summed E-state index contributed by atoms with van der Waals surface area (Å²) in [5.74, 6) is 0.744. The van der Waals surface area contributed by atoms with E-state index < -0.39 is 0 Å². The monoisotopic (exact) mass is 485 g/mol. The number of amides is 1. The highest BCUT2D eigenvalue weighted by Gasteiger charge is 2.17. The summed E-state index contributed by atoms with van der Waals surface area (Å²) in [5.41, 5.74) is 6.90. The number of carbonyl (C=O) groups is 1. The lowest BCUT2D eigenvalue weighted by Crippen LogP contribution is -2.33. The third-order valence-corrected chi connectivity index (χ3v) is 6.81. The van der Waals surface area contributed by atoms with Gasteiger partial charge in [0, 0.05) is 54.1 Å². The van der Waals surface area contributed by atoms with Crippen molar-refractivity contribution in [2.45, 2.75) is 51.8 Å². The number of hydrogen-bond acceptors (Lipinski definition) is 4. The van der Waals surface area contributed by atoms with Crippen LogP contribution in [0.1, 0.15) is 52.5 Å². The Bertz CT molecular complexity index is 1350. The number of aromatic nitrogens is 3. The van der Waals surface area contributed by atoms with E-state index in [4.69, 9.17) is 4.74 Å². The van der Waals surface area contributed by atoms with Crippen molar-refractivity contribution in [2.75, 3.05) is 13.6 Å². The number of benzene rings is 2. The maximum atomic E-state index is 12.9. The van der Waals surface area contributed by atoms with Gasteiger partial charge < -0.3 is 15.0 Å². The molecule has 0 saturated heterocycles. The van der Waals surface area contributed by atoms with Crippen molar-refractivity contribution in [3.8, 4) is 5.75 Å². The van der Waals surface area contributed by atoms with E-state index in [-0.39, 0.29) is 12.0 Å². The zero-order valence-electron chi connectivity index (χ0n) is 21.4. The first-order valence-corrected chi connectivity index (χ1v) is 12.8. The molecule has 0 fully saturated rings. The van der Waals surface area contributed by atoms with Gasteiger partial charge in [0.15, 0.2) is 0 Å². The van der Waals surface area contributed by atoms with Crippen molar-refractivity contribution >= 4 is 16.8 Å². The fourth-order valence-corrected chi connectivity index (χ4v) is 5.11. The van der Waals surface area contributed by atoms with Crippen LogP contribution in [0.5, 0.6) is 5.75 Å². The number of fused-ring (bicyclic) bond motifs is 3. The van der Waals surface area contributed by atoms with Crippen LogP contribution in [-0.4, -0.2) is 45.3 Å². The Balaban J connectivity index is 1.15. The Hall–Kier alpha value is -3.58. The van der Waals surface area contributed by atoms with E-state index in [1.165, 1.54) is 40.6 Å². The minimum atomic E-state index is -0.152. The fraction of sp³-hybridized carbons (Fsp3) is 0.379. The average molecular weight is 486 g/mol. The molecule has 1 aliphatic carbocycles. The first kappa shape index (κ1) is 24.1. The molecule has 36 heavy (non-hydrogen) atoms. The lowest BCUT2D eigenvalue weighted by molar-refractivity contribution is 0.0932. The van der Waals surface area contributed by atoms with Crippen molar-refractivity contribution in [3.05, 3.63) is 82.8 Å². The molecule has 2 aromatic carbocycles. The second-order valence-electron chi connectivity index (χ2n) is 10.0. The van der Waals surface area contributed by atoms with Crippen molar-refractivity contribution in [2.24, 2.45) is 7.05 Å². The molecule has 0 aliphatic heterocycles. The molecular weight excluding hydrogens is 450 g/mol. The Kier molecular flexibility index (Phi) is 7.09. The first-order valence-electron chi connectivity index (χ1n) is 12.8. The molecule has 1 amide bonds. The molecule has 5 rings (SSSR count). The van der Waals surface area contributed by atoms with Crippen LogP contribution in [0.25, 0.3) is 10.9 Å². The SMILES string of the molecule is CC(CNC(=O)c1ccc2[nH]c3c(c2c1)CCCC3)Oc1cccc(CN(C)Cc2cnn(C)c2)c1. The first-order chi connectivity index (χ1) is 17.4. The van der Waals surface area contributed by atoms with Gasteiger partial charge in [0.1, 0.15) is 11.9 Å². The number of aryl methyl sites for hydroxylation is 3. The predicted molar refractivity (Wildman–Crippen MR) is 142 cm³/mol. The molecular formula is C29H35N5O2. The molecule has 2 aromatic heterocycles. The van der Waals surface area contributed by atoms with Crippen LogP contribution in [-0.2, 0) is 33.0 Å². The van der Waals surface area contributed by atoms with Gasteiger partial charge >= 0.3 is 0 Å². The number of hydrogen-bond donors (Lipinski definition) is 2. The molecule has 1 atom stereocenters. The summed E-state index contributed by atoms with van der Waals surface area (Å²) in [5, 5.41) is 8.47. The van der Waals surface area contributed by atoms with Crippen molar-refractivity contribution in [3.63, 3.8) is 0 Å². The lowest BCUT2D eigenvalue weighted by atomic mass is 9.95. The number of ether oxygens (including phenoxy) is 1. The summed E-state index contributed by atoms with van der Waals surface area (Å²) in [4.78, 5) is 18.7. The van der Waals surface area contributed by atoms with Gasteiger partial charge in [0.2, 0.25) is 0 Å². The summed E-state index contributed by atoms with van der Waals surface area (Å²) in [6.45, 7) is 4.06. The van der Waals surface area contributed by atoms with E-state index in [2.05, 4.69) is 39.5 Å². The molecule has 0 saturated carbocycles. The zero-order chi connectivity index (χ0) is 25.1. The number of aromatic amines is 1. The number of rotatable bonds is 9. The van der Waals surface area contributed by atoms with Crippen LogP contribution < -0.4 is 10.1 Å². The van der Waals surface area contributed by atoms with Gasteiger partial charge in [0.05, 0.1) is 12.7 Å². The largest absolute Gasteiger partial charge is 0.489 e. The van der Waals surface area contributed by atoms with Crippen LogP contribution in [0.2, 0.25) is 0 Å². The number of H-pyrrole nitrogens is 1. The Morgan fingerprint density at radius 2 is 2.00 bits per heavy atom. The second-order valence-corrected chi connectivity index (χ2v) is 10.0. The van der Waals surface area contributed by atoms with E-state index in [0.29, 0.717) is 12.1 Å².